The summed E-state index contributed by atoms with van der Waals surface area (Å²) >= 11 is 1.13. The largest absolute Gasteiger partial charge is 0.476 e. The van der Waals surface area contributed by atoms with Crippen molar-refractivity contribution < 1.29 is 14.7 Å². The molecule has 3 N–H and O–H groups in total. The minimum atomic E-state index is -1.18. The number of carboxylic acid groups (broad SMARTS) is 1. The highest BCUT2D eigenvalue weighted by atomic mass is 32.1. The number of rotatable bonds is 6. The number of benzene rings is 1. The summed E-state index contributed by atoms with van der Waals surface area (Å²) < 4.78 is 0. The standard InChI is InChI=1S/C22H22N4O3S/c27-19(16-3-1-14(2-4-16)13-15-5-9-23-10-6-15)26-21-18(22(28)29)25-20(30-21)17-7-11-24-12-8-17/h1-4,7-8,11-12,15,23H,5-6,9-10,13H2,(H,26,27)(H,28,29). The Bertz CT molecular complexity index is 1030. The Morgan fingerprint density at radius 1 is 1.10 bits per heavy atom. The number of aromatic nitrogens is 2. The molecule has 0 spiro atoms. The topological polar surface area (TPSA) is 104 Å². The Kier molecular flexibility index (Phi) is 6.15. The van der Waals surface area contributed by atoms with Crippen LogP contribution in [0.3, 0.4) is 0 Å². The van der Waals surface area contributed by atoms with Crippen molar-refractivity contribution in [2.45, 2.75) is 19.3 Å². The van der Waals surface area contributed by atoms with Crippen LogP contribution in [0.15, 0.2) is 48.8 Å². The third-order valence-electron chi connectivity index (χ3n) is 5.18. The zero-order valence-corrected chi connectivity index (χ0v) is 17.1. The van der Waals surface area contributed by atoms with E-state index >= 15 is 0 Å². The zero-order chi connectivity index (χ0) is 20.9. The molecule has 0 radical (unpaired) electrons. The summed E-state index contributed by atoms with van der Waals surface area (Å²) in [7, 11) is 0. The van der Waals surface area contributed by atoms with Crippen molar-refractivity contribution in [3.63, 3.8) is 0 Å². The summed E-state index contributed by atoms with van der Waals surface area (Å²) in [6.45, 7) is 2.13. The van der Waals surface area contributed by atoms with Crippen molar-refractivity contribution in [2.24, 2.45) is 5.92 Å². The predicted octanol–water partition coefficient (Wildman–Crippen LogP) is 3.70. The fraction of sp³-hybridized carbons (Fsp3) is 0.273. The first kappa shape index (κ1) is 20.2. The fourth-order valence-electron chi connectivity index (χ4n) is 3.55. The van der Waals surface area contributed by atoms with Crippen LogP contribution in [0.5, 0.6) is 0 Å². The number of piperidine rings is 1. The molecule has 0 unspecified atom stereocenters. The van der Waals surface area contributed by atoms with Crippen molar-refractivity contribution >= 4 is 28.2 Å². The number of hydrogen-bond acceptors (Lipinski definition) is 6. The molecule has 154 valence electrons. The molecule has 7 nitrogen and oxygen atoms in total. The van der Waals surface area contributed by atoms with E-state index in [2.05, 4.69) is 20.6 Å². The molecule has 0 bridgehead atoms. The predicted molar refractivity (Wildman–Crippen MR) is 116 cm³/mol. The van der Waals surface area contributed by atoms with Gasteiger partial charge in [0, 0.05) is 23.5 Å². The van der Waals surface area contributed by atoms with Gasteiger partial charge in [-0.15, -0.1) is 0 Å². The zero-order valence-electron chi connectivity index (χ0n) is 16.3. The van der Waals surface area contributed by atoms with Crippen LogP contribution in [-0.4, -0.2) is 40.0 Å². The summed E-state index contributed by atoms with van der Waals surface area (Å²) in [5.41, 5.74) is 2.28. The van der Waals surface area contributed by atoms with Crippen LogP contribution in [-0.2, 0) is 6.42 Å². The molecule has 1 aromatic carbocycles. The highest BCUT2D eigenvalue weighted by molar-refractivity contribution is 7.19. The van der Waals surface area contributed by atoms with Crippen LogP contribution >= 0.6 is 11.3 Å². The molecule has 3 aromatic rings. The maximum absolute atomic E-state index is 12.7. The van der Waals surface area contributed by atoms with E-state index in [1.54, 1.807) is 36.7 Å². The molecule has 1 aliphatic rings. The first-order valence-electron chi connectivity index (χ1n) is 9.85. The van der Waals surface area contributed by atoms with E-state index < -0.39 is 5.97 Å². The summed E-state index contributed by atoms with van der Waals surface area (Å²) in [5.74, 6) is -0.858. The number of pyridine rings is 1. The van der Waals surface area contributed by atoms with Crippen LogP contribution in [0.25, 0.3) is 10.6 Å². The van der Waals surface area contributed by atoms with Gasteiger partial charge in [0.2, 0.25) is 0 Å². The number of hydrogen-bond donors (Lipinski definition) is 3. The molecule has 3 heterocycles. The highest BCUT2D eigenvalue weighted by Crippen LogP contribution is 2.32. The second-order valence-corrected chi connectivity index (χ2v) is 8.29. The minimum absolute atomic E-state index is 0.164. The molecule has 4 rings (SSSR count). The number of carboxylic acids is 1. The maximum Gasteiger partial charge on any atom is 0.357 e. The van der Waals surface area contributed by atoms with Crippen LogP contribution < -0.4 is 10.6 Å². The second kappa shape index (κ2) is 9.15. The Morgan fingerprint density at radius 2 is 1.80 bits per heavy atom. The van der Waals surface area contributed by atoms with E-state index in [1.807, 2.05) is 12.1 Å². The van der Waals surface area contributed by atoms with Gasteiger partial charge in [-0.25, -0.2) is 9.78 Å². The van der Waals surface area contributed by atoms with E-state index in [0.717, 1.165) is 36.4 Å². The summed E-state index contributed by atoms with van der Waals surface area (Å²) in [4.78, 5) is 32.4. The highest BCUT2D eigenvalue weighted by Gasteiger charge is 2.21. The number of carbonyl (C=O) groups excluding carboxylic acids is 1. The van der Waals surface area contributed by atoms with E-state index in [0.29, 0.717) is 16.5 Å². The van der Waals surface area contributed by atoms with Crippen molar-refractivity contribution in [2.75, 3.05) is 18.4 Å². The molecule has 2 aromatic heterocycles. The second-order valence-electron chi connectivity index (χ2n) is 7.29. The molecular formula is C22H22N4O3S. The lowest BCUT2D eigenvalue weighted by atomic mass is 9.91. The van der Waals surface area contributed by atoms with E-state index in [-0.39, 0.29) is 16.6 Å². The molecule has 1 aliphatic heterocycles. The van der Waals surface area contributed by atoms with Gasteiger partial charge in [-0.1, -0.05) is 23.5 Å². The number of nitrogens with one attached hydrogen (secondary N) is 2. The number of anilines is 1. The summed E-state index contributed by atoms with van der Waals surface area (Å²) in [6, 6.07) is 11.0. The van der Waals surface area contributed by atoms with Gasteiger partial charge in [0.05, 0.1) is 0 Å². The lowest BCUT2D eigenvalue weighted by Crippen LogP contribution is -2.28. The Hall–Kier alpha value is -3.10. The number of nitrogens with zero attached hydrogens (tertiary/aromatic N) is 2. The molecule has 0 aliphatic carbocycles. The van der Waals surface area contributed by atoms with Gasteiger partial charge in [-0.3, -0.25) is 9.78 Å². The van der Waals surface area contributed by atoms with Gasteiger partial charge in [0.15, 0.2) is 5.69 Å². The number of aromatic carboxylic acids is 1. The van der Waals surface area contributed by atoms with Crippen LogP contribution in [0.4, 0.5) is 5.00 Å². The smallest absolute Gasteiger partial charge is 0.357 e. The average molecular weight is 423 g/mol. The van der Waals surface area contributed by atoms with Gasteiger partial charge >= 0.3 is 5.97 Å². The summed E-state index contributed by atoms with van der Waals surface area (Å²) in [6.07, 6.45) is 6.58. The number of carbonyl (C=O) groups is 2. The normalized spacial score (nSPS) is 14.4. The molecule has 0 atom stereocenters. The molecule has 1 amide bonds. The monoisotopic (exact) mass is 422 g/mol. The van der Waals surface area contributed by atoms with Crippen LogP contribution in [0, 0.1) is 5.92 Å². The van der Waals surface area contributed by atoms with Gasteiger partial charge < -0.3 is 15.7 Å². The van der Waals surface area contributed by atoms with Crippen molar-refractivity contribution in [3.8, 4) is 10.6 Å². The van der Waals surface area contributed by atoms with E-state index in [4.69, 9.17) is 0 Å². The van der Waals surface area contributed by atoms with Crippen molar-refractivity contribution in [1.82, 2.24) is 15.3 Å². The first-order chi connectivity index (χ1) is 14.6. The number of amides is 1. The van der Waals surface area contributed by atoms with Gasteiger partial charge in [-0.2, -0.15) is 0 Å². The quantitative estimate of drug-likeness (QED) is 0.560. The molecule has 30 heavy (non-hydrogen) atoms. The molecule has 0 saturated carbocycles. The lowest BCUT2D eigenvalue weighted by Gasteiger charge is -2.22. The lowest BCUT2D eigenvalue weighted by molar-refractivity contribution is 0.0692. The first-order valence-corrected chi connectivity index (χ1v) is 10.7. The molecule has 1 saturated heterocycles. The SMILES string of the molecule is O=C(Nc1sc(-c2ccncc2)nc1C(=O)O)c1ccc(CC2CCNCC2)cc1. The van der Waals surface area contributed by atoms with Gasteiger partial charge in [0.25, 0.3) is 5.91 Å². The third-order valence-corrected chi connectivity index (χ3v) is 6.20. The van der Waals surface area contributed by atoms with E-state index in [9.17, 15) is 14.7 Å². The molecule has 1 fully saturated rings. The number of thiazole rings is 1. The Labute approximate surface area is 178 Å². The maximum atomic E-state index is 12.7. The molecular weight excluding hydrogens is 400 g/mol. The van der Waals surface area contributed by atoms with E-state index in [1.165, 1.54) is 18.4 Å². The van der Waals surface area contributed by atoms with Crippen LogP contribution in [0.1, 0.15) is 39.3 Å². The average Bonchev–Trinajstić information content (AvgIpc) is 3.20. The van der Waals surface area contributed by atoms with Crippen molar-refractivity contribution in [1.29, 1.82) is 0 Å². The molecule has 8 heteroatoms. The fourth-order valence-corrected chi connectivity index (χ4v) is 4.51. The minimum Gasteiger partial charge on any atom is -0.476 e. The van der Waals surface area contributed by atoms with Gasteiger partial charge in [-0.05, 0) is 68.1 Å². The van der Waals surface area contributed by atoms with Gasteiger partial charge in [0.1, 0.15) is 10.0 Å². The van der Waals surface area contributed by atoms with Crippen LogP contribution in [0.2, 0.25) is 0 Å². The van der Waals surface area contributed by atoms with Crippen molar-refractivity contribution in [3.05, 3.63) is 65.6 Å². The summed E-state index contributed by atoms with van der Waals surface area (Å²) in [5, 5.41) is 16.3. The Balaban J connectivity index is 1.48. The third kappa shape index (κ3) is 4.72. The Morgan fingerprint density at radius 3 is 2.47 bits per heavy atom.